The van der Waals surface area contributed by atoms with E-state index in [0.29, 0.717) is 11.8 Å². The molecule has 14 heavy (non-hydrogen) atoms. The van der Waals surface area contributed by atoms with Crippen LogP contribution in [0.4, 0.5) is 4.39 Å². The zero-order valence-electron chi connectivity index (χ0n) is 8.43. The Morgan fingerprint density at radius 3 is 2.93 bits per heavy atom. The fourth-order valence-electron chi connectivity index (χ4n) is 2.10. The maximum Gasteiger partial charge on any atom is 0.168 e. The highest BCUT2D eigenvalue weighted by Gasteiger charge is 2.25. The van der Waals surface area contributed by atoms with Gasteiger partial charge in [-0.3, -0.25) is 0 Å². The Morgan fingerprint density at radius 1 is 1.50 bits per heavy atom. The highest BCUT2D eigenvalue weighted by molar-refractivity contribution is 5.42. The van der Waals surface area contributed by atoms with Gasteiger partial charge in [0.1, 0.15) is 0 Å². The molecule has 1 atom stereocenters. The summed E-state index contributed by atoms with van der Waals surface area (Å²) in [5.41, 5.74) is 1.88. The minimum absolute atomic E-state index is 0.192. The van der Waals surface area contributed by atoms with Crippen LogP contribution in [0.25, 0.3) is 0 Å². The van der Waals surface area contributed by atoms with Gasteiger partial charge in [-0.25, -0.2) is 4.39 Å². The van der Waals surface area contributed by atoms with Gasteiger partial charge in [0.2, 0.25) is 0 Å². The molecule has 0 saturated heterocycles. The largest absolute Gasteiger partial charge is 0.494 e. The predicted octanol–water partition coefficient (Wildman–Crippen LogP) is 2.04. The quantitative estimate of drug-likeness (QED) is 0.779. The summed E-state index contributed by atoms with van der Waals surface area (Å²) in [6.45, 7) is 0. The molecule has 76 valence electrons. The Kier molecular flexibility index (Phi) is 2.42. The average Bonchev–Trinajstić information content (AvgIpc) is 2.62. The summed E-state index contributed by atoms with van der Waals surface area (Å²) in [5, 5.41) is 3.18. The van der Waals surface area contributed by atoms with Gasteiger partial charge in [-0.1, -0.05) is 6.07 Å². The van der Waals surface area contributed by atoms with Crippen molar-refractivity contribution in [3.05, 3.63) is 29.1 Å². The van der Waals surface area contributed by atoms with Crippen LogP contribution >= 0.6 is 0 Å². The van der Waals surface area contributed by atoms with Gasteiger partial charge in [0.25, 0.3) is 0 Å². The number of ether oxygens (including phenoxy) is 1. The number of halogens is 1. The molecule has 0 saturated carbocycles. The molecule has 0 spiro atoms. The van der Waals surface area contributed by atoms with Gasteiger partial charge in [0.05, 0.1) is 7.11 Å². The topological polar surface area (TPSA) is 21.3 Å². The molecule has 0 aliphatic heterocycles. The molecule has 0 heterocycles. The van der Waals surface area contributed by atoms with E-state index in [-0.39, 0.29) is 5.82 Å². The van der Waals surface area contributed by atoms with Crippen molar-refractivity contribution in [2.75, 3.05) is 14.2 Å². The van der Waals surface area contributed by atoms with E-state index in [4.69, 9.17) is 4.74 Å². The lowest BCUT2D eigenvalue weighted by molar-refractivity contribution is 0.384. The number of benzene rings is 1. The lowest BCUT2D eigenvalue weighted by Crippen LogP contribution is -2.12. The van der Waals surface area contributed by atoms with Gasteiger partial charge in [-0.15, -0.1) is 0 Å². The summed E-state index contributed by atoms with van der Waals surface area (Å²) in [5.74, 6) is 0.156. The Hall–Kier alpha value is -1.09. The first kappa shape index (κ1) is 9.46. The molecule has 0 amide bonds. The number of fused-ring (bicyclic) bond motifs is 1. The number of hydrogen-bond donors (Lipinski definition) is 1. The first-order valence-electron chi connectivity index (χ1n) is 4.80. The summed E-state index contributed by atoms with van der Waals surface area (Å²) < 4.78 is 18.7. The van der Waals surface area contributed by atoms with Gasteiger partial charge < -0.3 is 10.1 Å². The highest BCUT2D eigenvalue weighted by Crippen LogP contribution is 2.35. The van der Waals surface area contributed by atoms with Crippen LogP contribution in [0.1, 0.15) is 23.6 Å². The van der Waals surface area contributed by atoms with Crippen molar-refractivity contribution in [3.63, 3.8) is 0 Å². The van der Waals surface area contributed by atoms with Crippen LogP contribution < -0.4 is 10.1 Å². The van der Waals surface area contributed by atoms with E-state index < -0.39 is 0 Å². The molecule has 0 fully saturated rings. The van der Waals surface area contributed by atoms with Crippen LogP contribution in [0.3, 0.4) is 0 Å². The Bertz CT molecular complexity index is 351. The highest BCUT2D eigenvalue weighted by atomic mass is 19.1. The van der Waals surface area contributed by atoms with E-state index in [0.717, 1.165) is 24.0 Å². The molecule has 3 heteroatoms. The molecule has 1 aliphatic carbocycles. The second-order valence-electron chi connectivity index (χ2n) is 3.53. The van der Waals surface area contributed by atoms with E-state index >= 15 is 0 Å². The monoisotopic (exact) mass is 195 g/mol. The van der Waals surface area contributed by atoms with E-state index in [9.17, 15) is 4.39 Å². The second-order valence-corrected chi connectivity index (χ2v) is 3.53. The van der Waals surface area contributed by atoms with Crippen LogP contribution in [0.15, 0.2) is 12.1 Å². The zero-order valence-corrected chi connectivity index (χ0v) is 8.43. The third-order valence-electron chi connectivity index (χ3n) is 2.87. The van der Waals surface area contributed by atoms with E-state index in [1.54, 1.807) is 6.07 Å². The fourth-order valence-corrected chi connectivity index (χ4v) is 2.10. The number of hydrogen-bond acceptors (Lipinski definition) is 2. The number of methoxy groups -OCH3 is 1. The first-order chi connectivity index (χ1) is 6.77. The first-order valence-corrected chi connectivity index (χ1v) is 4.80. The van der Waals surface area contributed by atoms with Gasteiger partial charge in [0.15, 0.2) is 11.6 Å². The normalized spacial score (nSPS) is 19.5. The molecule has 2 nitrogen and oxygen atoms in total. The summed E-state index contributed by atoms with van der Waals surface area (Å²) in [6.07, 6.45) is 1.76. The van der Waals surface area contributed by atoms with Crippen LogP contribution in [-0.4, -0.2) is 14.2 Å². The zero-order chi connectivity index (χ0) is 10.1. The summed E-state index contributed by atoms with van der Waals surface area (Å²) in [4.78, 5) is 0. The second kappa shape index (κ2) is 3.58. The van der Waals surface area contributed by atoms with Crippen LogP contribution in [0.5, 0.6) is 5.75 Å². The summed E-state index contributed by atoms with van der Waals surface area (Å²) in [6, 6.07) is 3.94. The standard InChI is InChI=1S/C11H14FNO/c1-13-9-5-3-8-7(9)4-6-10(14-2)11(8)12/h4,6,9,13H,3,5H2,1-2H3. The summed E-state index contributed by atoms with van der Waals surface area (Å²) in [7, 11) is 3.40. The van der Waals surface area contributed by atoms with Crippen LogP contribution in [0.2, 0.25) is 0 Å². The molecular formula is C11H14FNO. The predicted molar refractivity (Wildman–Crippen MR) is 53.1 cm³/mol. The van der Waals surface area contributed by atoms with Crippen LogP contribution in [0, 0.1) is 5.82 Å². The molecule has 1 unspecified atom stereocenters. The van der Waals surface area contributed by atoms with Gasteiger partial charge in [-0.05, 0) is 37.1 Å². The smallest absolute Gasteiger partial charge is 0.168 e. The Morgan fingerprint density at radius 2 is 2.29 bits per heavy atom. The van der Waals surface area contributed by atoms with E-state index in [1.807, 2.05) is 13.1 Å². The Labute approximate surface area is 83.1 Å². The van der Waals surface area contributed by atoms with Crippen molar-refractivity contribution < 1.29 is 9.13 Å². The fraction of sp³-hybridized carbons (Fsp3) is 0.455. The minimum atomic E-state index is -0.192. The maximum atomic E-state index is 13.7. The molecule has 1 aliphatic rings. The van der Waals surface area contributed by atoms with Crippen molar-refractivity contribution in [1.82, 2.24) is 5.32 Å². The van der Waals surface area contributed by atoms with Gasteiger partial charge in [0, 0.05) is 6.04 Å². The molecule has 2 rings (SSSR count). The van der Waals surface area contributed by atoms with E-state index in [1.165, 1.54) is 7.11 Å². The van der Waals surface area contributed by atoms with Crippen molar-refractivity contribution in [2.24, 2.45) is 0 Å². The average molecular weight is 195 g/mol. The number of nitrogens with one attached hydrogen (secondary N) is 1. The lowest BCUT2D eigenvalue weighted by Gasteiger charge is -2.11. The van der Waals surface area contributed by atoms with E-state index in [2.05, 4.69) is 5.32 Å². The molecule has 1 aromatic rings. The van der Waals surface area contributed by atoms with Gasteiger partial charge in [-0.2, -0.15) is 0 Å². The molecule has 0 bridgehead atoms. The van der Waals surface area contributed by atoms with Crippen LogP contribution in [-0.2, 0) is 6.42 Å². The SMILES string of the molecule is CNC1CCc2c1ccc(OC)c2F. The summed E-state index contributed by atoms with van der Waals surface area (Å²) >= 11 is 0. The third-order valence-corrected chi connectivity index (χ3v) is 2.87. The van der Waals surface area contributed by atoms with Crippen molar-refractivity contribution in [3.8, 4) is 5.75 Å². The third kappa shape index (κ3) is 1.28. The van der Waals surface area contributed by atoms with Gasteiger partial charge >= 0.3 is 0 Å². The maximum absolute atomic E-state index is 13.7. The Balaban J connectivity index is 2.46. The molecule has 1 N–H and O–H groups in total. The molecule has 1 aromatic carbocycles. The molecular weight excluding hydrogens is 181 g/mol. The van der Waals surface area contributed by atoms with Crippen molar-refractivity contribution in [1.29, 1.82) is 0 Å². The minimum Gasteiger partial charge on any atom is -0.494 e. The van der Waals surface area contributed by atoms with Crippen molar-refractivity contribution >= 4 is 0 Å². The lowest BCUT2D eigenvalue weighted by atomic mass is 10.1. The molecule has 0 radical (unpaired) electrons. The number of rotatable bonds is 2. The van der Waals surface area contributed by atoms with Crippen molar-refractivity contribution in [2.45, 2.75) is 18.9 Å². The molecule has 0 aromatic heterocycles.